The molecule has 4 rings (SSSR count). The van der Waals surface area contributed by atoms with Crippen LogP contribution < -0.4 is 5.32 Å². The highest BCUT2D eigenvalue weighted by molar-refractivity contribution is 5.87. The van der Waals surface area contributed by atoms with Crippen molar-refractivity contribution >= 4 is 17.9 Å². The van der Waals surface area contributed by atoms with Crippen molar-refractivity contribution in [3.8, 4) is 0 Å². The zero-order valence-corrected chi connectivity index (χ0v) is 18.9. The number of hydrogen-bond acceptors (Lipinski definition) is 5. The van der Waals surface area contributed by atoms with Gasteiger partial charge in [-0.05, 0) is 57.7 Å². The molecule has 32 heavy (non-hydrogen) atoms. The van der Waals surface area contributed by atoms with Crippen molar-refractivity contribution in [2.24, 2.45) is 5.41 Å². The third-order valence-corrected chi connectivity index (χ3v) is 6.13. The molecule has 2 aromatic rings. The molecule has 1 unspecified atom stereocenters. The number of pyridine rings is 1. The number of carbonyl (C=O) groups excluding carboxylic acids is 1. The summed E-state index contributed by atoms with van der Waals surface area (Å²) in [6.07, 6.45) is 4.09. The monoisotopic (exact) mass is 437 g/mol. The van der Waals surface area contributed by atoms with E-state index in [1.807, 2.05) is 43.9 Å². The molecule has 7 heteroatoms. The molecule has 2 aliphatic rings. The van der Waals surface area contributed by atoms with Crippen LogP contribution in [-0.2, 0) is 4.74 Å². The van der Waals surface area contributed by atoms with E-state index in [1.54, 1.807) is 12.1 Å². The van der Waals surface area contributed by atoms with Crippen LogP contribution in [0.4, 0.5) is 10.6 Å². The van der Waals surface area contributed by atoms with Gasteiger partial charge in [-0.25, -0.2) is 14.6 Å². The van der Waals surface area contributed by atoms with Crippen molar-refractivity contribution < 1.29 is 19.4 Å². The van der Waals surface area contributed by atoms with E-state index in [0.29, 0.717) is 24.8 Å². The molecule has 0 radical (unpaired) electrons. The van der Waals surface area contributed by atoms with Crippen molar-refractivity contribution in [3.05, 3.63) is 59.8 Å². The fourth-order valence-corrected chi connectivity index (χ4v) is 4.05. The Morgan fingerprint density at radius 1 is 1.19 bits per heavy atom. The second kappa shape index (κ2) is 8.45. The molecule has 1 amide bonds. The normalized spacial score (nSPS) is 20.8. The maximum atomic E-state index is 13.1. The highest BCUT2D eigenvalue weighted by atomic mass is 16.6. The fraction of sp³-hybridized carbons (Fsp3) is 0.480. The Balaban J connectivity index is 1.43. The number of nitrogens with one attached hydrogen (secondary N) is 1. The van der Waals surface area contributed by atoms with E-state index in [4.69, 9.17) is 9.84 Å². The lowest BCUT2D eigenvalue weighted by atomic mass is 10.1. The standard InChI is InChI=1S/C25H31N3O4/c1-24(2,3)32-23(31)28(20-13-19(20)17-7-5-4-6-8-17)16-25(11-12-25)15-27-21-10-9-18(14-26-21)22(29)30/h4-10,14,19-20H,11-13,15-16H2,1-3H3,(H,26,27)(H,29,30)/t19?,20-/m0/s1. The molecular formula is C25H31N3O4. The predicted octanol–water partition coefficient (Wildman–Crippen LogP) is 4.77. The number of aromatic carboxylic acids is 1. The van der Waals surface area contributed by atoms with Gasteiger partial charge in [-0.3, -0.25) is 0 Å². The molecule has 7 nitrogen and oxygen atoms in total. The van der Waals surface area contributed by atoms with Crippen LogP contribution in [0, 0.1) is 5.41 Å². The maximum Gasteiger partial charge on any atom is 0.410 e. The van der Waals surface area contributed by atoms with E-state index in [0.717, 1.165) is 19.3 Å². The molecule has 2 fully saturated rings. The highest BCUT2D eigenvalue weighted by Crippen LogP contribution is 2.51. The number of anilines is 1. The van der Waals surface area contributed by atoms with Crippen LogP contribution in [0.5, 0.6) is 0 Å². The molecular weight excluding hydrogens is 406 g/mol. The molecule has 2 N–H and O–H groups in total. The number of rotatable bonds is 8. The number of carbonyl (C=O) groups is 2. The molecule has 0 aliphatic heterocycles. The van der Waals surface area contributed by atoms with Gasteiger partial charge in [-0.1, -0.05) is 30.3 Å². The molecule has 2 saturated carbocycles. The quantitative estimate of drug-likeness (QED) is 0.618. The van der Waals surface area contributed by atoms with Gasteiger partial charge in [0.15, 0.2) is 0 Å². The van der Waals surface area contributed by atoms with Crippen molar-refractivity contribution in [1.82, 2.24) is 9.88 Å². The summed E-state index contributed by atoms with van der Waals surface area (Å²) in [5.74, 6) is -0.00972. The molecule has 1 heterocycles. The molecule has 0 bridgehead atoms. The van der Waals surface area contributed by atoms with Crippen LogP contribution in [-0.4, -0.2) is 51.8 Å². The van der Waals surface area contributed by atoms with Crippen LogP contribution >= 0.6 is 0 Å². The number of ether oxygens (including phenoxy) is 1. The average molecular weight is 438 g/mol. The third kappa shape index (κ3) is 5.39. The second-order valence-corrected chi connectivity index (χ2v) is 10.0. The van der Waals surface area contributed by atoms with E-state index in [2.05, 4.69) is 22.4 Å². The number of carboxylic acids is 1. The van der Waals surface area contributed by atoms with Crippen LogP contribution in [0.25, 0.3) is 0 Å². The topological polar surface area (TPSA) is 91.8 Å². The number of amides is 1. The number of benzene rings is 1. The van der Waals surface area contributed by atoms with Gasteiger partial charge in [0.25, 0.3) is 0 Å². The van der Waals surface area contributed by atoms with E-state index in [-0.39, 0.29) is 23.1 Å². The number of carboxylic acid groups (broad SMARTS) is 1. The van der Waals surface area contributed by atoms with Crippen LogP contribution in [0.2, 0.25) is 0 Å². The number of hydrogen-bond donors (Lipinski definition) is 2. The molecule has 1 aromatic carbocycles. The van der Waals surface area contributed by atoms with Crippen LogP contribution in [0.1, 0.15) is 61.9 Å². The summed E-state index contributed by atoms with van der Waals surface area (Å²) in [5, 5.41) is 12.4. The maximum absolute atomic E-state index is 13.1. The lowest BCUT2D eigenvalue weighted by molar-refractivity contribution is 0.0191. The minimum Gasteiger partial charge on any atom is -0.478 e. The van der Waals surface area contributed by atoms with Crippen LogP contribution in [0.15, 0.2) is 48.7 Å². The Hall–Kier alpha value is -3.09. The van der Waals surface area contributed by atoms with Crippen molar-refractivity contribution in [2.45, 2.75) is 57.6 Å². The Labute approximate surface area is 188 Å². The first-order valence-corrected chi connectivity index (χ1v) is 11.1. The Kier molecular flexibility index (Phi) is 5.84. The van der Waals surface area contributed by atoms with Gasteiger partial charge in [0.1, 0.15) is 11.4 Å². The van der Waals surface area contributed by atoms with E-state index in [1.165, 1.54) is 11.8 Å². The summed E-state index contributed by atoms with van der Waals surface area (Å²) >= 11 is 0. The smallest absolute Gasteiger partial charge is 0.410 e. The zero-order valence-electron chi connectivity index (χ0n) is 18.9. The van der Waals surface area contributed by atoms with Gasteiger partial charge in [-0.15, -0.1) is 0 Å². The van der Waals surface area contributed by atoms with Gasteiger partial charge in [0.2, 0.25) is 0 Å². The summed E-state index contributed by atoms with van der Waals surface area (Å²) in [6.45, 7) is 6.99. The summed E-state index contributed by atoms with van der Waals surface area (Å²) in [7, 11) is 0. The van der Waals surface area contributed by atoms with Gasteiger partial charge in [0, 0.05) is 36.7 Å². The fourth-order valence-electron chi connectivity index (χ4n) is 4.05. The lowest BCUT2D eigenvalue weighted by Gasteiger charge is -2.31. The van der Waals surface area contributed by atoms with Crippen LogP contribution in [0.3, 0.4) is 0 Å². The van der Waals surface area contributed by atoms with Crippen molar-refractivity contribution in [2.75, 3.05) is 18.4 Å². The Bertz CT molecular complexity index is 965. The first kappa shape index (κ1) is 22.1. The summed E-state index contributed by atoms with van der Waals surface area (Å²) in [5.41, 5.74) is 0.857. The first-order chi connectivity index (χ1) is 15.2. The largest absolute Gasteiger partial charge is 0.478 e. The van der Waals surface area contributed by atoms with Gasteiger partial charge in [0.05, 0.1) is 5.56 Å². The van der Waals surface area contributed by atoms with Gasteiger partial charge < -0.3 is 20.1 Å². The lowest BCUT2D eigenvalue weighted by Crippen LogP contribution is -2.43. The second-order valence-electron chi connectivity index (χ2n) is 10.0. The van der Waals surface area contributed by atoms with Gasteiger partial charge in [-0.2, -0.15) is 0 Å². The van der Waals surface area contributed by atoms with Crippen molar-refractivity contribution in [1.29, 1.82) is 0 Å². The van der Waals surface area contributed by atoms with Crippen molar-refractivity contribution in [3.63, 3.8) is 0 Å². The summed E-state index contributed by atoms with van der Waals surface area (Å²) < 4.78 is 5.76. The Morgan fingerprint density at radius 2 is 1.91 bits per heavy atom. The third-order valence-electron chi connectivity index (χ3n) is 6.13. The summed E-state index contributed by atoms with van der Waals surface area (Å²) in [6, 6.07) is 13.7. The first-order valence-electron chi connectivity index (χ1n) is 11.1. The molecule has 170 valence electrons. The van der Waals surface area contributed by atoms with E-state index < -0.39 is 11.6 Å². The Morgan fingerprint density at radius 3 is 2.47 bits per heavy atom. The molecule has 0 spiro atoms. The summed E-state index contributed by atoms with van der Waals surface area (Å²) in [4.78, 5) is 30.3. The molecule has 0 saturated heterocycles. The minimum atomic E-state index is -0.992. The van der Waals surface area contributed by atoms with Gasteiger partial charge >= 0.3 is 12.1 Å². The average Bonchev–Trinajstić information content (AvgIpc) is 3.66. The predicted molar refractivity (Wildman–Crippen MR) is 122 cm³/mol. The molecule has 2 aliphatic carbocycles. The van der Waals surface area contributed by atoms with E-state index >= 15 is 0 Å². The van der Waals surface area contributed by atoms with E-state index in [9.17, 15) is 9.59 Å². The minimum absolute atomic E-state index is 0.0200. The molecule has 2 atom stereocenters. The zero-order chi connectivity index (χ0) is 22.9. The number of aromatic nitrogens is 1. The highest BCUT2D eigenvalue weighted by Gasteiger charge is 2.52. The molecule has 1 aromatic heterocycles. The number of nitrogens with zero attached hydrogens (tertiary/aromatic N) is 2. The SMILES string of the molecule is CC(C)(C)OC(=O)N(CC1(CNc2ccc(C(=O)O)cn2)CC1)[C@H]1CC1c1ccccc1.